The predicted molar refractivity (Wildman–Crippen MR) is 104 cm³/mol. The highest BCUT2D eigenvalue weighted by atomic mass is 32.2. The van der Waals surface area contributed by atoms with E-state index >= 15 is 0 Å². The van der Waals surface area contributed by atoms with E-state index in [9.17, 15) is 18.0 Å². The molecule has 27 heavy (non-hydrogen) atoms. The Labute approximate surface area is 165 Å². The van der Waals surface area contributed by atoms with Crippen LogP contribution in [-0.2, 0) is 19.6 Å². The Bertz CT molecular complexity index is 748. The van der Waals surface area contributed by atoms with Crippen LogP contribution < -0.4 is 10.2 Å². The fourth-order valence-electron chi connectivity index (χ4n) is 2.87. The van der Waals surface area contributed by atoms with Crippen LogP contribution in [-0.4, -0.2) is 81.3 Å². The van der Waals surface area contributed by atoms with Gasteiger partial charge in [0.25, 0.3) is 15.9 Å². The quantitative estimate of drug-likeness (QED) is 0.622. The monoisotopic (exact) mass is 417 g/mol. The molecule has 0 spiro atoms. The van der Waals surface area contributed by atoms with E-state index in [2.05, 4.69) is 5.32 Å². The number of nitrogens with one attached hydrogen (secondary N) is 2. The fraction of sp³-hybridized carbons (Fsp3) is 0.647. The van der Waals surface area contributed by atoms with Crippen molar-refractivity contribution >= 4 is 33.2 Å². The van der Waals surface area contributed by atoms with Crippen molar-refractivity contribution in [3.8, 4) is 0 Å². The first kappa shape index (κ1) is 21.8. The van der Waals surface area contributed by atoms with E-state index in [1.807, 2.05) is 20.8 Å². The number of amides is 2. The number of carbonyl (C=O) groups excluding carboxylic acids is 2. The molecule has 1 aliphatic heterocycles. The second kappa shape index (κ2) is 8.68. The van der Waals surface area contributed by atoms with Gasteiger partial charge in [0, 0.05) is 12.6 Å². The van der Waals surface area contributed by atoms with Crippen molar-refractivity contribution < 1.29 is 22.9 Å². The van der Waals surface area contributed by atoms with Gasteiger partial charge in [0.15, 0.2) is 6.54 Å². The molecule has 2 rings (SSSR count). The van der Waals surface area contributed by atoms with Gasteiger partial charge in [-0.1, -0.05) is 6.07 Å². The normalized spacial score (nSPS) is 16.9. The van der Waals surface area contributed by atoms with Crippen molar-refractivity contribution in [2.24, 2.45) is 0 Å². The molecule has 0 atom stereocenters. The molecule has 1 aliphatic rings. The number of piperazine rings is 1. The molecule has 1 saturated heterocycles. The number of rotatable bonds is 6. The summed E-state index contributed by atoms with van der Waals surface area (Å²) in [5.74, 6) is -0.316. The van der Waals surface area contributed by atoms with Crippen LogP contribution >= 0.6 is 11.3 Å². The van der Waals surface area contributed by atoms with E-state index in [1.165, 1.54) is 20.5 Å². The van der Waals surface area contributed by atoms with Crippen LogP contribution in [0.15, 0.2) is 21.7 Å². The highest BCUT2D eigenvalue weighted by Gasteiger charge is 2.32. The van der Waals surface area contributed by atoms with Crippen LogP contribution in [0, 0.1) is 0 Å². The van der Waals surface area contributed by atoms with Crippen LogP contribution in [0.1, 0.15) is 20.8 Å². The molecule has 0 saturated carbocycles. The summed E-state index contributed by atoms with van der Waals surface area (Å²) in [6.45, 7) is 7.85. The standard InChI is InChI=1S/C17H28N4O4S2/c1-17(2,3)18-14(22)12-19(4)15(23)13-20-7-9-21(10-8-20)27(24,25)16-6-5-11-26-16/h5-6,11H,7-10,12-13H2,1-4H3,(H,18,22)/p+1. The molecule has 1 aromatic rings. The minimum atomic E-state index is -3.43. The Morgan fingerprint density at radius 3 is 2.44 bits per heavy atom. The van der Waals surface area contributed by atoms with E-state index < -0.39 is 10.0 Å². The second-order valence-corrected chi connectivity index (χ2v) is 10.9. The van der Waals surface area contributed by atoms with E-state index in [1.54, 1.807) is 24.6 Å². The Kier molecular flexibility index (Phi) is 7.01. The zero-order valence-electron chi connectivity index (χ0n) is 16.3. The Morgan fingerprint density at radius 2 is 1.93 bits per heavy atom. The van der Waals surface area contributed by atoms with Crippen molar-refractivity contribution in [3.05, 3.63) is 17.5 Å². The van der Waals surface area contributed by atoms with Crippen molar-refractivity contribution in [1.82, 2.24) is 14.5 Å². The SMILES string of the molecule is CN(CC(=O)NC(C)(C)C)C(=O)C[NH+]1CCN(S(=O)(=O)c2cccs2)CC1. The van der Waals surface area contributed by atoms with Gasteiger partial charge in [-0.05, 0) is 32.2 Å². The average Bonchev–Trinajstić information content (AvgIpc) is 3.08. The third-order valence-corrected chi connectivity index (χ3v) is 7.51. The van der Waals surface area contributed by atoms with Gasteiger partial charge < -0.3 is 15.1 Å². The lowest BCUT2D eigenvalue weighted by molar-refractivity contribution is -0.895. The molecule has 0 unspecified atom stereocenters. The Morgan fingerprint density at radius 1 is 1.30 bits per heavy atom. The molecular formula is C17H29N4O4S2+. The number of carbonyl (C=O) groups is 2. The molecule has 152 valence electrons. The second-order valence-electron chi connectivity index (χ2n) is 7.81. The molecule has 10 heteroatoms. The Hall–Kier alpha value is -1.49. The van der Waals surface area contributed by atoms with Gasteiger partial charge in [0.05, 0.1) is 32.7 Å². The zero-order chi connectivity index (χ0) is 20.2. The lowest BCUT2D eigenvalue weighted by Gasteiger charge is -2.31. The van der Waals surface area contributed by atoms with Crippen LogP contribution in [0.25, 0.3) is 0 Å². The maximum atomic E-state index is 12.5. The minimum absolute atomic E-state index is 0.0161. The summed E-state index contributed by atoms with van der Waals surface area (Å²) in [7, 11) is -1.82. The number of quaternary nitrogens is 1. The molecular weight excluding hydrogens is 388 g/mol. The molecule has 8 nitrogen and oxygen atoms in total. The molecule has 0 bridgehead atoms. The lowest BCUT2D eigenvalue weighted by Crippen LogP contribution is -3.15. The van der Waals surface area contributed by atoms with E-state index in [0.717, 1.165) is 4.90 Å². The predicted octanol–water partition coefficient (Wildman–Crippen LogP) is -0.990. The molecule has 2 heterocycles. The third kappa shape index (κ3) is 6.27. The van der Waals surface area contributed by atoms with Crippen LogP contribution in [0.3, 0.4) is 0 Å². The third-order valence-electron chi connectivity index (χ3n) is 4.24. The van der Waals surface area contributed by atoms with Gasteiger partial charge in [-0.3, -0.25) is 9.59 Å². The average molecular weight is 418 g/mol. The van der Waals surface area contributed by atoms with Gasteiger partial charge >= 0.3 is 0 Å². The molecule has 0 aromatic carbocycles. The van der Waals surface area contributed by atoms with Gasteiger partial charge in [0.2, 0.25) is 5.91 Å². The number of hydrogen-bond donors (Lipinski definition) is 2. The molecule has 0 aliphatic carbocycles. The first-order chi connectivity index (χ1) is 12.5. The van der Waals surface area contributed by atoms with Crippen molar-refractivity contribution in [2.45, 2.75) is 30.5 Å². The topological polar surface area (TPSA) is 91.2 Å². The summed E-state index contributed by atoms with van der Waals surface area (Å²) in [5, 5.41) is 4.58. The van der Waals surface area contributed by atoms with Crippen molar-refractivity contribution in [2.75, 3.05) is 46.3 Å². The zero-order valence-corrected chi connectivity index (χ0v) is 18.0. The van der Waals surface area contributed by atoms with E-state index in [-0.39, 0.29) is 30.4 Å². The summed E-state index contributed by atoms with van der Waals surface area (Å²) in [5.41, 5.74) is -0.337. The maximum Gasteiger partial charge on any atom is 0.277 e. The summed E-state index contributed by atoms with van der Waals surface area (Å²) >= 11 is 1.21. The molecule has 1 fully saturated rings. The minimum Gasteiger partial charge on any atom is -0.350 e. The number of hydrogen-bond acceptors (Lipinski definition) is 5. The van der Waals surface area contributed by atoms with Crippen LogP contribution in [0.2, 0.25) is 0 Å². The molecule has 0 radical (unpaired) electrons. The summed E-state index contributed by atoms with van der Waals surface area (Å²) in [4.78, 5) is 26.8. The van der Waals surface area contributed by atoms with Crippen molar-refractivity contribution in [1.29, 1.82) is 0 Å². The Balaban J connectivity index is 1.81. The number of sulfonamides is 1. The number of likely N-dealkylation sites (N-methyl/N-ethyl adjacent to an activating group) is 1. The molecule has 2 N–H and O–H groups in total. The van der Waals surface area contributed by atoms with Gasteiger partial charge in [-0.15, -0.1) is 11.3 Å². The summed E-state index contributed by atoms with van der Waals surface area (Å²) in [6, 6.07) is 3.34. The van der Waals surface area contributed by atoms with Gasteiger partial charge in [0.1, 0.15) is 4.21 Å². The fourth-order valence-corrected chi connectivity index (χ4v) is 5.45. The molecule has 2 amide bonds. The smallest absolute Gasteiger partial charge is 0.277 e. The van der Waals surface area contributed by atoms with Crippen molar-refractivity contribution in [3.63, 3.8) is 0 Å². The van der Waals surface area contributed by atoms with Crippen LogP contribution in [0.4, 0.5) is 0 Å². The highest BCUT2D eigenvalue weighted by Crippen LogP contribution is 2.20. The van der Waals surface area contributed by atoms with Gasteiger partial charge in [-0.2, -0.15) is 4.31 Å². The summed E-state index contributed by atoms with van der Waals surface area (Å²) < 4.78 is 26.9. The van der Waals surface area contributed by atoms with E-state index in [0.29, 0.717) is 30.4 Å². The first-order valence-corrected chi connectivity index (χ1v) is 11.2. The number of thiophene rings is 1. The summed E-state index contributed by atoms with van der Waals surface area (Å²) in [6.07, 6.45) is 0. The van der Waals surface area contributed by atoms with Crippen LogP contribution in [0.5, 0.6) is 0 Å². The van der Waals surface area contributed by atoms with Gasteiger partial charge in [-0.25, -0.2) is 8.42 Å². The van der Waals surface area contributed by atoms with E-state index in [4.69, 9.17) is 0 Å². The lowest BCUT2D eigenvalue weighted by atomic mass is 10.1. The largest absolute Gasteiger partial charge is 0.350 e. The highest BCUT2D eigenvalue weighted by molar-refractivity contribution is 7.91. The maximum absolute atomic E-state index is 12.5. The first-order valence-electron chi connectivity index (χ1n) is 8.91. The number of nitrogens with zero attached hydrogens (tertiary/aromatic N) is 2. The molecule has 1 aromatic heterocycles.